The molecule has 1 aromatic heterocycles. The number of thioether (sulfide) groups is 1. The Bertz CT molecular complexity index is 1040. The number of methoxy groups -OCH3 is 2. The van der Waals surface area contributed by atoms with Crippen LogP contribution in [0.4, 0.5) is 0 Å². The summed E-state index contributed by atoms with van der Waals surface area (Å²) in [7, 11) is 4.93. The van der Waals surface area contributed by atoms with Gasteiger partial charge in [-0.1, -0.05) is 35.5 Å². The maximum Gasteiger partial charge on any atom is 0.191 e. The van der Waals surface area contributed by atoms with Crippen LogP contribution in [0.15, 0.2) is 47.6 Å². The molecule has 0 fully saturated rings. The molecule has 0 spiro atoms. The van der Waals surface area contributed by atoms with Crippen molar-refractivity contribution in [3.05, 3.63) is 58.9 Å². The lowest BCUT2D eigenvalue weighted by atomic mass is 10.1. The highest BCUT2D eigenvalue weighted by atomic mass is 35.5. The molecule has 3 aromatic rings. The van der Waals surface area contributed by atoms with Gasteiger partial charge in [0, 0.05) is 12.6 Å². The van der Waals surface area contributed by atoms with E-state index in [0.717, 1.165) is 0 Å². The summed E-state index contributed by atoms with van der Waals surface area (Å²) in [6, 6.07) is 12.4. The first-order valence-electron chi connectivity index (χ1n) is 9.13. The van der Waals surface area contributed by atoms with Crippen molar-refractivity contribution in [2.75, 3.05) is 20.0 Å². The number of aromatic nitrogens is 3. The number of hydrogen-bond donors (Lipinski definition) is 0. The Kier molecular flexibility index (Phi) is 7.23. The molecular weight excluding hydrogens is 426 g/mol. The highest BCUT2D eigenvalue weighted by Gasteiger charge is 2.19. The third-order valence-electron chi connectivity index (χ3n) is 4.41. The van der Waals surface area contributed by atoms with Crippen LogP contribution < -0.4 is 14.2 Å². The van der Waals surface area contributed by atoms with Gasteiger partial charge in [-0.15, -0.1) is 10.2 Å². The first-order chi connectivity index (χ1) is 14.4. The Morgan fingerprint density at radius 2 is 1.83 bits per heavy atom. The van der Waals surface area contributed by atoms with Crippen LogP contribution in [0.25, 0.3) is 0 Å². The quantitative estimate of drug-likeness (QED) is 0.350. The van der Waals surface area contributed by atoms with Crippen LogP contribution in [0.3, 0.4) is 0 Å². The van der Waals surface area contributed by atoms with E-state index in [4.69, 9.17) is 25.8 Å². The summed E-state index contributed by atoms with van der Waals surface area (Å²) >= 11 is 7.47. The Labute approximate surface area is 184 Å². The lowest BCUT2D eigenvalue weighted by molar-refractivity contribution is 0.102. The summed E-state index contributed by atoms with van der Waals surface area (Å²) in [6.45, 7) is 1.87. The Morgan fingerprint density at radius 1 is 1.10 bits per heavy atom. The molecule has 0 aliphatic carbocycles. The van der Waals surface area contributed by atoms with E-state index >= 15 is 0 Å². The minimum Gasteiger partial charge on any atom is -0.493 e. The van der Waals surface area contributed by atoms with Crippen LogP contribution in [-0.4, -0.2) is 40.5 Å². The van der Waals surface area contributed by atoms with Crippen LogP contribution in [0.1, 0.15) is 29.2 Å². The number of ketones is 1. The van der Waals surface area contributed by atoms with Crippen LogP contribution in [0.5, 0.6) is 17.2 Å². The van der Waals surface area contributed by atoms with Crippen LogP contribution in [0, 0.1) is 0 Å². The van der Waals surface area contributed by atoms with Crippen molar-refractivity contribution >= 4 is 29.1 Å². The second kappa shape index (κ2) is 9.86. The van der Waals surface area contributed by atoms with E-state index in [9.17, 15) is 4.79 Å². The second-order valence-corrected chi connectivity index (χ2v) is 7.72. The lowest BCUT2D eigenvalue weighted by Crippen LogP contribution is -2.10. The molecule has 1 heterocycles. The maximum atomic E-state index is 12.6. The summed E-state index contributed by atoms with van der Waals surface area (Å²) < 4.78 is 18.2. The molecule has 1 unspecified atom stereocenters. The summed E-state index contributed by atoms with van der Waals surface area (Å²) in [6.07, 6.45) is -0.363. The van der Waals surface area contributed by atoms with Crippen molar-refractivity contribution in [3.8, 4) is 17.2 Å². The molecule has 30 heavy (non-hydrogen) atoms. The van der Waals surface area contributed by atoms with E-state index in [1.807, 2.05) is 30.7 Å². The molecule has 3 rings (SSSR count). The summed E-state index contributed by atoms with van der Waals surface area (Å²) in [5.74, 6) is 2.46. The smallest absolute Gasteiger partial charge is 0.191 e. The molecule has 0 bridgehead atoms. The molecule has 0 N–H and O–H groups in total. The van der Waals surface area contributed by atoms with Gasteiger partial charge in [0.05, 0.1) is 25.0 Å². The summed E-state index contributed by atoms with van der Waals surface area (Å²) in [4.78, 5) is 12.6. The molecule has 0 aliphatic heterocycles. The number of para-hydroxylation sites is 1. The number of hydrogen-bond acceptors (Lipinski definition) is 7. The largest absolute Gasteiger partial charge is 0.493 e. The van der Waals surface area contributed by atoms with Gasteiger partial charge in [-0.2, -0.15) is 0 Å². The minimum atomic E-state index is -0.363. The molecule has 0 saturated carbocycles. The summed E-state index contributed by atoms with van der Waals surface area (Å²) in [5.41, 5.74) is 0.540. The van der Waals surface area contributed by atoms with Crippen molar-refractivity contribution in [2.45, 2.75) is 18.2 Å². The molecule has 0 saturated heterocycles. The molecule has 9 heteroatoms. The van der Waals surface area contributed by atoms with Gasteiger partial charge in [-0.3, -0.25) is 4.79 Å². The number of ether oxygens (including phenoxy) is 3. The van der Waals surface area contributed by atoms with Gasteiger partial charge >= 0.3 is 0 Å². The number of nitrogens with zero attached hydrogens (tertiary/aromatic N) is 3. The van der Waals surface area contributed by atoms with Crippen molar-refractivity contribution in [1.82, 2.24) is 14.8 Å². The monoisotopic (exact) mass is 447 g/mol. The van der Waals surface area contributed by atoms with Crippen molar-refractivity contribution in [3.63, 3.8) is 0 Å². The lowest BCUT2D eigenvalue weighted by Gasteiger charge is -2.15. The van der Waals surface area contributed by atoms with Crippen LogP contribution >= 0.6 is 23.4 Å². The zero-order chi connectivity index (χ0) is 21.7. The minimum absolute atomic E-state index is 0.0501. The zero-order valence-corrected chi connectivity index (χ0v) is 18.7. The average molecular weight is 448 g/mol. The topological polar surface area (TPSA) is 75.5 Å². The molecule has 0 radical (unpaired) electrons. The fourth-order valence-electron chi connectivity index (χ4n) is 2.81. The van der Waals surface area contributed by atoms with E-state index in [1.165, 1.54) is 18.9 Å². The molecule has 158 valence electrons. The van der Waals surface area contributed by atoms with Gasteiger partial charge in [0.1, 0.15) is 5.75 Å². The highest BCUT2D eigenvalue weighted by molar-refractivity contribution is 7.99. The SMILES string of the molecule is COc1ccc(C(=O)CSc2nnc(C(C)Oc3ccccc3Cl)n2C)cc1OC. The molecular formula is C21H22ClN3O4S. The number of halogens is 1. The predicted molar refractivity (Wildman–Crippen MR) is 116 cm³/mol. The standard InChI is InChI=1S/C21H22ClN3O4S/c1-13(29-17-8-6-5-7-15(17)22)20-23-24-21(25(20)2)30-12-16(26)14-9-10-18(27-3)19(11-14)28-4/h5-11,13H,12H2,1-4H3. The summed E-state index contributed by atoms with van der Waals surface area (Å²) in [5, 5.41) is 9.56. The average Bonchev–Trinajstić information content (AvgIpc) is 3.13. The molecule has 0 aliphatic rings. The fourth-order valence-corrected chi connectivity index (χ4v) is 3.81. The Morgan fingerprint density at radius 3 is 2.53 bits per heavy atom. The maximum absolute atomic E-state index is 12.6. The van der Waals surface area contributed by atoms with Crippen LogP contribution in [0.2, 0.25) is 5.02 Å². The van der Waals surface area contributed by atoms with E-state index in [-0.39, 0.29) is 17.6 Å². The Balaban J connectivity index is 1.66. The first kappa shape index (κ1) is 22.0. The van der Waals surface area contributed by atoms with E-state index in [2.05, 4.69) is 10.2 Å². The van der Waals surface area contributed by atoms with Gasteiger partial charge in [-0.25, -0.2) is 0 Å². The van der Waals surface area contributed by atoms with Crippen molar-refractivity contribution in [1.29, 1.82) is 0 Å². The van der Waals surface area contributed by atoms with E-state index < -0.39 is 0 Å². The van der Waals surface area contributed by atoms with E-state index in [1.54, 1.807) is 37.4 Å². The molecule has 2 aromatic carbocycles. The third kappa shape index (κ3) is 4.88. The number of Topliss-reactive ketones (excluding diaryl/α,β-unsaturated/α-hetero) is 1. The normalized spacial score (nSPS) is 11.8. The highest BCUT2D eigenvalue weighted by Crippen LogP contribution is 2.30. The number of carbonyl (C=O) groups excluding carboxylic acids is 1. The van der Waals surface area contributed by atoms with E-state index in [0.29, 0.717) is 38.8 Å². The van der Waals surface area contributed by atoms with Gasteiger partial charge in [0.2, 0.25) is 0 Å². The predicted octanol–water partition coefficient (Wildman–Crippen LogP) is 4.60. The van der Waals surface area contributed by atoms with Gasteiger partial charge in [0.15, 0.2) is 34.4 Å². The second-order valence-electron chi connectivity index (χ2n) is 6.37. The van der Waals surface area contributed by atoms with Gasteiger partial charge in [0.25, 0.3) is 0 Å². The van der Waals surface area contributed by atoms with Gasteiger partial charge < -0.3 is 18.8 Å². The van der Waals surface area contributed by atoms with Crippen LogP contribution in [-0.2, 0) is 7.05 Å². The third-order valence-corrected chi connectivity index (χ3v) is 5.74. The number of rotatable bonds is 9. The molecule has 1 atom stereocenters. The first-order valence-corrected chi connectivity index (χ1v) is 10.5. The Hall–Kier alpha value is -2.71. The number of carbonyl (C=O) groups is 1. The molecule has 0 amide bonds. The fraction of sp³-hybridized carbons (Fsp3) is 0.286. The zero-order valence-electron chi connectivity index (χ0n) is 17.1. The van der Waals surface area contributed by atoms with Crippen molar-refractivity contribution < 1.29 is 19.0 Å². The molecule has 7 nitrogen and oxygen atoms in total. The number of benzene rings is 2. The van der Waals surface area contributed by atoms with Gasteiger partial charge in [-0.05, 0) is 37.3 Å². The van der Waals surface area contributed by atoms with Crippen molar-refractivity contribution in [2.24, 2.45) is 7.05 Å².